The largest absolute Gasteiger partial charge is 0.376 e. The van der Waals surface area contributed by atoms with Crippen LogP contribution in [0.4, 0.5) is 5.82 Å². The number of benzene rings is 1. The predicted molar refractivity (Wildman–Crippen MR) is 118 cm³/mol. The van der Waals surface area contributed by atoms with Gasteiger partial charge >= 0.3 is 0 Å². The molecule has 2 aromatic rings. The van der Waals surface area contributed by atoms with Crippen LogP contribution in [0.1, 0.15) is 81.7 Å². The number of nitrogens with one attached hydrogen (secondary N) is 2. The lowest BCUT2D eigenvalue weighted by molar-refractivity contribution is 0.0475. The molecule has 1 saturated carbocycles. The number of fused-ring (bicyclic) bond motifs is 1. The number of aromatic nitrogens is 2. The third kappa shape index (κ3) is 4.19. The first-order valence-corrected chi connectivity index (χ1v) is 11.6. The highest BCUT2D eigenvalue weighted by Crippen LogP contribution is 2.28. The number of anilines is 1. The lowest BCUT2D eigenvalue weighted by Gasteiger charge is -2.20. The Morgan fingerprint density at radius 2 is 1.88 bits per heavy atom. The van der Waals surface area contributed by atoms with Crippen LogP contribution in [-0.2, 0) is 11.2 Å². The van der Waals surface area contributed by atoms with Crippen molar-refractivity contribution < 1.29 is 19.1 Å². The van der Waals surface area contributed by atoms with E-state index < -0.39 is 0 Å². The summed E-state index contributed by atoms with van der Waals surface area (Å²) in [6.07, 6.45) is 8.99. The molecule has 8 nitrogen and oxygen atoms in total. The van der Waals surface area contributed by atoms with Gasteiger partial charge < -0.3 is 10.1 Å². The molecule has 2 fully saturated rings. The summed E-state index contributed by atoms with van der Waals surface area (Å²) < 4.78 is 5.57. The van der Waals surface area contributed by atoms with Crippen LogP contribution in [0.15, 0.2) is 24.3 Å². The molecule has 5 rings (SSSR count). The molecule has 168 valence electrons. The van der Waals surface area contributed by atoms with E-state index in [9.17, 15) is 14.4 Å². The van der Waals surface area contributed by atoms with Crippen molar-refractivity contribution in [1.82, 2.24) is 15.1 Å². The number of amides is 3. The number of carbonyl (C=O) groups excluding carboxylic acids is 3. The molecule has 0 bridgehead atoms. The molecule has 3 heterocycles. The minimum absolute atomic E-state index is 0.109. The Labute approximate surface area is 186 Å². The summed E-state index contributed by atoms with van der Waals surface area (Å²) in [4.78, 5) is 39.5. The van der Waals surface area contributed by atoms with Gasteiger partial charge in [0.05, 0.1) is 23.8 Å². The molecule has 1 aromatic carbocycles. The molecular formula is C24H28N4O4. The van der Waals surface area contributed by atoms with Crippen molar-refractivity contribution in [3.63, 3.8) is 0 Å². The van der Waals surface area contributed by atoms with Crippen LogP contribution in [-0.4, -0.2) is 52.1 Å². The van der Waals surface area contributed by atoms with E-state index in [1.165, 1.54) is 43.1 Å². The molecule has 0 radical (unpaired) electrons. The van der Waals surface area contributed by atoms with Crippen LogP contribution < -0.4 is 5.32 Å². The van der Waals surface area contributed by atoms with E-state index in [1.807, 2.05) is 6.07 Å². The molecule has 1 saturated heterocycles. The van der Waals surface area contributed by atoms with E-state index in [2.05, 4.69) is 15.5 Å². The number of H-pyrrole nitrogens is 1. The molecule has 2 aliphatic heterocycles. The minimum atomic E-state index is -0.371. The molecule has 2 N–H and O–H groups in total. The van der Waals surface area contributed by atoms with Crippen molar-refractivity contribution >= 4 is 23.5 Å². The SMILES string of the molecule is O=C(Nc1cc(CC2CCCCC2)[nH]n1)c1ccc2c(c1)C(=O)N(CC1CCCO1)C2=O. The minimum Gasteiger partial charge on any atom is -0.376 e. The number of ether oxygens (including phenoxy) is 1. The molecule has 3 amide bonds. The van der Waals surface area contributed by atoms with Crippen molar-refractivity contribution in [3.8, 4) is 0 Å². The van der Waals surface area contributed by atoms with Crippen LogP contribution in [0.5, 0.6) is 0 Å². The maximum atomic E-state index is 12.8. The third-order valence-electron chi connectivity index (χ3n) is 6.75. The Morgan fingerprint density at radius 3 is 2.66 bits per heavy atom. The zero-order valence-corrected chi connectivity index (χ0v) is 18.1. The van der Waals surface area contributed by atoms with Gasteiger partial charge in [0.2, 0.25) is 0 Å². The zero-order chi connectivity index (χ0) is 22.1. The van der Waals surface area contributed by atoms with Gasteiger partial charge in [0.15, 0.2) is 5.82 Å². The van der Waals surface area contributed by atoms with E-state index in [-0.39, 0.29) is 35.9 Å². The summed E-state index contributed by atoms with van der Waals surface area (Å²) in [6, 6.07) is 6.50. The van der Waals surface area contributed by atoms with Gasteiger partial charge in [-0.2, -0.15) is 5.10 Å². The Morgan fingerprint density at radius 1 is 1.06 bits per heavy atom. The van der Waals surface area contributed by atoms with Gasteiger partial charge in [-0.05, 0) is 43.4 Å². The molecule has 1 aliphatic carbocycles. The molecule has 1 atom stereocenters. The quantitative estimate of drug-likeness (QED) is 0.674. The van der Waals surface area contributed by atoms with Gasteiger partial charge in [0.25, 0.3) is 17.7 Å². The summed E-state index contributed by atoms with van der Waals surface area (Å²) in [5, 5.41) is 10.0. The summed E-state index contributed by atoms with van der Waals surface area (Å²) in [5.74, 6) is 0.0763. The van der Waals surface area contributed by atoms with Crippen LogP contribution >= 0.6 is 0 Å². The summed E-state index contributed by atoms with van der Waals surface area (Å²) in [7, 11) is 0. The number of hydrogen-bond acceptors (Lipinski definition) is 5. The molecule has 1 aromatic heterocycles. The predicted octanol–water partition coefficient (Wildman–Crippen LogP) is 3.56. The van der Waals surface area contributed by atoms with E-state index in [1.54, 1.807) is 12.1 Å². The van der Waals surface area contributed by atoms with Gasteiger partial charge in [-0.3, -0.25) is 24.4 Å². The maximum Gasteiger partial charge on any atom is 0.261 e. The first-order valence-electron chi connectivity index (χ1n) is 11.6. The van der Waals surface area contributed by atoms with Crippen molar-refractivity contribution in [3.05, 3.63) is 46.6 Å². The highest BCUT2D eigenvalue weighted by atomic mass is 16.5. The van der Waals surface area contributed by atoms with Gasteiger partial charge in [0, 0.05) is 23.9 Å². The van der Waals surface area contributed by atoms with Crippen molar-refractivity contribution in [2.24, 2.45) is 5.92 Å². The van der Waals surface area contributed by atoms with Crippen molar-refractivity contribution in [2.75, 3.05) is 18.5 Å². The molecule has 3 aliphatic rings. The van der Waals surface area contributed by atoms with Crippen molar-refractivity contribution in [2.45, 2.75) is 57.5 Å². The highest BCUT2D eigenvalue weighted by Gasteiger charge is 2.38. The van der Waals surface area contributed by atoms with E-state index >= 15 is 0 Å². The van der Waals surface area contributed by atoms with E-state index in [0.29, 0.717) is 29.5 Å². The van der Waals surface area contributed by atoms with Crippen molar-refractivity contribution in [1.29, 1.82) is 0 Å². The topological polar surface area (TPSA) is 104 Å². The standard InChI is InChI=1S/C24H28N4O4/c29-22(25-21-13-17(26-27-21)11-15-5-2-1-3-6-15)16-8-9-19-20(12-16)24(31)28(23(19)30)14-18-7-4-10-32-18/h8-9,12-13,15,18H,1-7,10-11,14H2,(H2,25,26,27,29). The first-order chi connectivity index (χ1) is 15.6. The highest BCUT2D eigenvalue weighted by molar-refractivity contribution is 6.22. The van der Waals surface area contributed by atoms with Crippen LogP contribution in [0, 0.1) is 5.92 Å². The Bertz CT molecular complexity index is 1030. The Hall–Kier alpha value is -3.00. The van der Waals surface area contributed by atoms with E-state index in [0.717, 1.165) is 25.0 Å². The van der Waals surface area contributed by atoms with Gasteiger partial charge in [-0.25, -0.2) is 0 Å². The fourth-order valence-corrected chi connectivity index (χ4v) is 5.01. The monoisotopic (exact) mass is 436 g/mol. The summed E-state index contributed by atoms with van der Waals surface area (Å²) in [5.41, 5.74) is 1.94. The molecule has 1 unspecified atom stereocenters. The second-order valence-electron chi connectivity index (χ2n) is 9.06. The van der Waals surface area contributed by atoms with E-state index in [4.69, 9.17) is 4.74 Å². The lowest BCUT2D eigenvalue weighted by atomic mass is 9.86. The fourth-order valence-electron chi connectivity index (χ4n) is 5.01. The fraction of sp³-hybridized carbons (Fsp3) is 0.500. The smallest absolute Gasteiger partial charge is 0.261 e. The maximum absolute atomic E-state index is 12.8. The van der Waals surface area contributed by atoms with Gasteiger partial charge in [-0.1, -0.05) is 32.1 Å². The molecule has 32 heavy (non-hydrogen) atoms. The number of carbonyl (C=O) groups is 3. The number of hydrogen-bond donors (Lipinski definition) is 2. The van der Waals surface area contributed by atoms with Gasteiger partial charge in [0.1, 0.15) is 0 Å². The lowest BCUT2D eigenvalue weighted by Crippen LogP contribution is -2.36. The molecule has 0 spiro atoms. The third-order valence-corrected chi connectivity index (χ3v) is 6.75. The number of nitrogens with zero attached hydrogens (tertiary/aromatic N) is 2. The van der Waals surface area contributed by atoms with Crippen LogP contribution in [0.2, 0.25) is 0 Å². The van der Waals surface area contributed by atoms with Crippen LogP contribution in [0.25, 0.3) is 0 Å². The molecule has 8 heteroatoms. The molecular weight excluding hydrogens is 408 g/mol. The zero-order valence-electron chi connectivity index (χ0n) is 18.1. The van der Waals surface area contributed by atoms with Gasteiger partial charge in [-0.15, -0.1) is 0 Å². The number of aromatic amines is 1. The second-order valence-corrected chi connectivity index (χ2v) is 9.06. The average molecular weight is 437 g/mol. The number of imide groups is 1. The van der Waals surface area contributed by atoms with Crippen LogP contribution in [0.3, 0.4) is 0 Å². The first kappa shape index (κ1) is 20.9. The average Bonchev–Trinajstić information content (AvgIpc) is 3.53. The summed E-state index contributed by atoms with van der Waals surface area (Å²) in [6.45, 7) is 0.915. The second kappa shape index (κ2) is 8.86. The summed E-state index contributed by atoms with van der Waals surface area (Å²) >= 11 is 0. The Balaban J connectivity index is 1.24. The number of rotatable bonds is 6. The normalized spacial score (nSPS) is 21.2. The Kier molecular flexibility index (Phi) is 5.78.